The van der Waals surface area contributed by atoms with Crippen LogP contribution in [0.4, 0.5) is 13.2 Å². The lowest BCUT2D eigenvalue weighted by Crippen LogP contribution is -2.39. The fourth-order valence-electron chi connectivity index (χ4n) is 3.93. The Morgan fingerprint density at radius 1 is 1.28 bits per heavy atom. The molecule has 0 unspecified atom stereocenters. The first-order valence-electron chi connectivity index (χ1n) is 11.0. The van der Waals surface area contributed by atoms with Crippen molar-refractivity contribution in [1.82, 2.24) is 14.5 Å². The largest absolute Gasteiger partial charge is 0.472 e. The molecule has 0 aromatic carbocycles. The van der Waals surface area contributed by atoms with Crippen LogP contribution in [0.2, 0.25) is 0 Å². The lowest BCUT2D eigenvalue weighted by molar-refractivity contribution is -0.135. The monoisotopic (exact) mass is 455 g/mol. The van der Waals surface area contributed by atoms with Gasteiger partial charge < -0.3 is 19.0 Å². The molecule has 1 aliphatic heterocycles. The minimum Gasteiger partial charge on any atom is -0.472 e. The molecule has 2 aromatic rings. The number of carbonyl (C=O) groups excluding carboxylic acids is 1. The fourth-order valence-corrected chi connectivity index (χ4v) is 3.93. The van der Waals surface area contributed by atoms with E-state index in [4.69, 9.17) is 14.2 Å². The van der Waals surface area contributed by atoms with Gasteiger partial charge in [-0.3, -0.25) is 4.57 Å². The van der Waals surface area contributed by atoms with E-state index in [1.54, 1.807) is 7.05 Å². The van der Waals surface area contributed by atoms with Crippen LogP contribution in [0.5, 0.6) is 11.9 Å². The minimum atomic E-state index is -2.98. The summed E-state index contributed by atoms with van der Waals surface area (Å²) in [4.78, 5) is 19.5. The number of Topliss-reactive ketones (excluding diaryl/α,β-unsaturated/α-hetero) is 1. The zero-order chi connectivity index (χ0) is 23.0. The molecule has 2 aliphatic rings. The summed E-state index contributed by atoms with van der Waals surface area (Å²) in [5.74, 6) is -4.89. The summed E-state index contributed by atoms with van der Waals surface area (Å²) in [5.41, 5.74) is 0.580. The number of halogens is 3. The molecule has 3 heterocycles. The molecule has 0 N–H and O–H groups in total. The number of pyridine rings is 1. The van der Waals surface area contributed by atoms with Crippen LogP contribution in [0.25, 0.3) is 11.0 Å². The van der Waals surface area contributed by atoms with Crippen LogP contribution in [0.1, 0.15) is 52.4 Å². The predicted octanol–water partition coefficient (Wildman–Crippen LogP) is 4.22. The average molecular weight is 455 g/mol. The fraction of sp³-hybridized carbons (Fsp3) is 0.682. The number of aromatic nitrogens is 3. The van der Waals surface area contributed by atoms with E-state index in [0.29, 0.717) is 18.4 Å². The first kappa shape index (κ1) is 22.8. The molecule has 2 aromatic heterocycles. The van der Waals surface area contributed by atoms with E-state index in [2.05, 4.69) is 9.97 Å². The molecule has 0 amide bonds. The van der Waals surface area contributed by atoms with E-state index in [0.717, 1.165) is 12.8 Å². The van der Waals surface area contributed by atoms with Gasteiger partial charge in [0, 0.05) is 25.8 Å². The third-order valence-electron chi connectivity index (χ3n) is 6.00. The Morgan fingerprint density at radius 3 is 2.62 bits per heavy atom. The highest BCUT2D eigenvalue weighted by Gasteiger charge is 2.41. The smallest absolute Gasteiger partial charge is 0.297 e. The van der Waals surface area contributed by atoms with Crippen LogP contribution in [-0.2, 0) is 16.6 Å². The molecule has 0 spiro atoms. The highest BCUT2D eigenvalue weighted by molar-refractivity contribution is 5.77. The van der Waals surface area contributed by atoms with Gasteiger partial charge >= 0.3 is 0 Å². The van der Waals surface area contributed by atoms with Gasteiger partial charge in [0.05, 0.1) is 18.9 Å². The molecule has 1 aliphatic carbocycles. The van der Waals surface area contributed by atoms with Gasteiger partial charge in [0.25, 0.3) is 17.8 Å². The van der Waals surface area contributed by atoms with Crippen LogP contribution < -0.4 is 9.47 Å². The molecule has 1 saturated heterocycles. The maximum atomic E-state index is 14.8. The van der Waals surface area contributed by atoms with Crippen molar-refractivity contribution in [2.24, 2.45) is 13.0 Å². The number of ether oxygens (including phenoxy) is 3. The van der Waals surface area contributed by atoms with Gasteiger partial charge in [-0.05, 0) is 32.6 Å². The quantitative estimate of drug-likeness (QED) is 0.564. The summed E-state index contributed by atoms with van der Waals surface area (Å²) in [7, 11) is 1.64. The predicted molar refractivity (Wildman–Crippen MR) is 110 cm³/mol. The number of alkyl halides is 2. The minimum absolute atomic E-state index is 0.0172. The van der Waals surface area contributed by atoms with Gasteiger partial charge in [-0.1, -0.05) is 6.92 Å². The van der Waals surface area contributed by atoms with Crippen LogP contribution in [0.15, 0.2) is 6.20 Å². The second-order valence-electron chi connectivity index (χ2n) is 8.93. The second-order valence-corrected chi connectivity index (χ2v) is 8.93. The molecule has 7 nitrogen and oxygen atoms in total. The van der Waals surface area contributed by atoms with E-state index in [-0.39, 0.29) is 48.4 Å². The van der Waals surface area contributed by atoms with Gasteiger partial charge in [0.2, 0.25) is 5.82 Å². The van der Waals surface area contributed by atoms with E-state index in [9.17, 15) is 18.0 Å². The zero-order valence-corrected chi connectivity index (χ0v) is 18.4. The van der Waals surface area contributed by atoms with Crippen molar-refractivity contribution in [3.63, 3.8) is 0 Å². The number of hydrogen-bond acceptors (Lipinski definition) is 6. The Balaban J connectivity index is 1.36. The molecular formula is C22H28F3N3O4. The van der Waals surface area contributed by atoms with Gasteiger partial charge in [0.15, 0.2) is 0 Å². The van der Waals surface area contributed by atoms with Gasteiger partial charge in [0.1, 0.15) is 29.0 Å². The standard InChI is InChI=1S/C22H28F3N3O4/c1-12(8-13(2)29)22(24,25)9-15-6-7-16(11-30-15)32-21-27-17-10-26-20(31-14-4-5-14)18(23)19(17)28(21)3/h10,12,14-16H,4-9,11H2,1-3H3/t12-,15+,16-/m1/s1. The highest BCUT2D eigenvalue weighted by atomic mass is 19.3. The van der Waals surface area contributed by atoms with E-state index >= 15 is 0 Å². The average Bonchev–Trinajstić information content (AvgIpc) is 3.48. The number of aryl methyl sites for hydroxylation is 1. The Bertz CT molecular complexity index is 984. The molecule has 0 bridgehead atoms. The number of fused-ring (bicyclic) bond motifs is 1. The third-order valence-corrected chi connectivity index (χ3v) is 6.00. The number of imidazole rings is 1. The Kier molecular flexibility index (Phi) is 6.33. The topological polar surface area (TPSA) is 75.5 Å². The van der Waals surface area contributed by atoms with Crippen LogP contribution >= 0.6 is 0 Å². The van der Waals surface area contributed by atoms with Crippen molar-refractivity contribution in [2.75, 3.05) is 6.61 Å². The maximum Gasteiger partial charge on any atom is 0.297 e. The normalized spacial score (nSPS) is 22.7. The molecule has 3 atom stereocenters. The van der Waals surface area contributed by atoms with Crippen LogP contribution in [-0.4, -0.2) is 51.2 Å². The maximum absolute atomic E-state index is 14.8. The van der Waals surface area contributed by atoms with E-state index < -0.39 is 30.2 Å². The lowest BCUT2D eigenvalue weighted by Gasteiger charge is -2.32. The number of ketones is 1. The van der Waals surface area contributed by atoms with E-state index in [1.807, 2.05) is 0 Å². The lowest BCUT2D eigenvalue weighted by atomic mass is 9.91. The zero-order valence-electron chi connectivity index (χ0n) is 18.4. The molecular weight excluding hydrogens is 427 g/mol. The number of hydrogen-bond donors (Lipinski definition) is 0. The SMILES string of the molecule is CC(=O)C[C@@H](C)C(F)(F)C[C@@H]1CC[C@@H](Oc2nc3cnc(OC4CC4)c(F)c3n2C)CO1. The summed E-state index contributed by atoms with van der Waals surface area (Å²) in [5, 5.41) is 0. The summed E-state index contributed by atoms with van der Waals surface area (Å²) in [6.07, 6.45) is 2.56. The first-order valence-corrected chi connectivity index (χ1v) is 11.0. The van der Waals surface area contributed by atoms with Crippen molar-refractivity contribution in [3.8, 4) is 11.9 Å². The van der Waals surface area contributed by atoms with E-state index in [1.165, 1.54) is 24.6 Å². The number of rotatable bonds is 9. The number of nitrogens with zero attached hydrogens (tertiary/aromatic N) is 3. The molecule has 32 heavy (non-hydrogen) atoms. The van der Waals surface area contributed by atoms with Crippen molar-refractivity contribution in [2.45, 2.75) is 76.6 Å². The van der Waals surface area contributed by atoms with Crippen LogP contribution in [0, 0.1) is 11.7 Å². The number of carbonyl (C=O) groups is 1. The van der Waals surface area contributed by atoms with Gasteiger partial charge in [-0.25, -0.2) is 13.8 Å². The van der Waals surface area contributed by atoms with Crippen molar-refractivity contribution in [3.05, 3.63) is 12.0 Å². The van der Waals surface area contributed by atoms with Gasteiger partial charge in [-0.15, -0.1) is 0 Å². The summed E-state index contributed by atoms with van der Waals surface area (Å²) < 4.78 is 62.2. The Labute approximate surface area is 184 Å². The van der Waals surface area contributed by atoms with Crippen molar-refractivity contribution < 1.29 is 32.2 Å². The Hall–Kier alpha value is -2.36. The summed E-state index contributed by atoms with van der Waals surface area (Å²) in [6.45, 7) is 2.83. The van der Waals surface area contributed by atoms with Crippen LogP contribution in [0.3, 0.4) is 0 Å². The third kappa shape index (κ3) is 5.00. The highest BCUT2D eigenvalue weighted by Crippen LogP contribution is 2.36. The molecule has 2 fully saturated rings. The van der Waals surface area contributed by atoms with Crippen molar-refractivity contribution >= 4 is 16.8 Å². The molecule has 176 valence electrons. The molecule has 0 radical (unpaired) electrons. The summed E-state index contributed by atoms with van der Waals surface area (Å²) in [6, 6.07) is 0.205. The van der Waals surface area contributed by atoms with Crippen molar-refractivity contribution in [1.29, 1.82) is 0 Å². The molecule has 1 saturated carbocycles. The molecule has 10 heteroatoms. The van der Waals surface area contributed by atoms with Gasteiger partial charge in [-0.2, -0.15) is 9.37 Å². The molecule has 4 rings (SSSR count). The first-order chi connectivity index (χ1) is 15.1. The Morgan fingerprint density at radius 2 is 2.00 bits per heavy atom. The summed E-state index contributed by atoms with van der Waals surface area (Å²) >= 11 is 0. The second kappa shape index (κ2) is 8.88.